The average Bonchev–Trinajstić information content (AvgIpc) is 2.68. The van der Waals surface area contributed by atoms with Crippen molar-refractivity contribution in [2.75, 3.05) is 13.1 Å². The first-order valence-corrected chi connectivity index (χ1v) is 8.82. The molecule has 0 radical (unpaired) electrons. The maximum Gasteiger partial charge on any atom is 0.343 e. The minimum Gasteiger partial charge on any atom is -0.422 e. The van der Waals surface area contributed by atoms with E-state index in [1.807, 2.05) is 12.1 Å². The summed E-state index contributed by atoms with van der Waals surface area (Å²) >= 11 is 5.60. The van der Waals surface area contributed by atoms with E-state index >= 15 is 0 Å². The minimum absolute atomic E-state index is 0.0757. The summed E-state index contributed by atoms with van der Waals surface area (Å²) in [4.78, 5) is 25.4. The normalized spacial score (nSPS) is 13.9. The molecule has 0 saturated carbocycles. The van der Waals surface area contributed by atoms with Gasteiger partial charge in [-0.25, -0.2) is 4.79 Å². The van der Waals surface area contributed by atoms with E-state index in [2.05, 4.69) is 4.90 Å². The monoisotopic (exact) mass is 370 g/mol. The molecule has 134 valence electrons. The highest BCUT2D eigenvalue weighted by Crippen LogP contribution is 2.24. The number of nitro groups is 1. The summed E-state index contributed by atoms with van der Waals surface area (Å²) in [6.45, 7) is 1.81. The summed E-state index contributed by atoms with van der Waals surface area (Å²) in [6.07, 6.45) is 3.41. The number of ether oxygens (including phenoxy) is 1. The molecule has 0 aliphatic carbocycles. The highest BCUT2D eigenvalue weighted by atomic mass is 32.1. The second kappa shape index (κ2) is 8.05. The zero-order valence-corrected chi connectivity index (χ0v) is 14.9. The maximum absolute atomic E-state index is 12.4. The van der Waals surface area contributed by atoms with E-state index < -0.39 is 10.9 Å². The lowest BCUT2D eigenvalue weighted by molar-refractivity contribution is -0.384. The molecule has 26 heavy (non-hydrogen) atoms. The van der Waals surface area contributed by atoms with E-state index in [9.17, 15) is 14.9 Å². The topological polar surface area (TPSA) is 72.7 Å². The van der Waals surface area contributed by atoms with Gasteiger partial charge in [-0.3, -0.25) is 10.1 Å². The molecule has 1 saturated heterocycles. The van der Waals surface area contributed by atoms with Gasteiger partial charge in [0.25, 0.3) is 5.69 Å². The zero-order valence-electron chi connectivity index (χ0n) is 14.1. The number of para-hydroxylation sites is 1. The maximum atomic E-state index is 12.4. The summed E-state index contributed by atoms with van der Waals surface area (Å²) < 4.78 is 5.52. The fraction of sp³-hybridized carbons (Fsp3) is 0.263. The summed E-state index contributed by atoms with van der Waals surface area (Å²) in [5, 5.41) is 10.7. The van der Waals surface area contributed by atoms with E-state index in [4.69, 9.17) is 17.0 Å². The molecule has 3 rings (SSSR count). The van der Waals surface area contributed by atoms with Crippen LogP contribution in [-0.4, -0.2) is 33.9 Å². The van der Waals surface area contributed by atoms with Gasteiger partial charge < -0.3 is 9.64 Å². The number of hydrogen-bond donors (Lipinski definition) is 0. The molecule has 0 atom stereocenters. The molecule has 0 unspecified atom stereocenters. The second-order valence-electron chi connectivity index (χ2n) is 6.04. The number of esters is 1. The number of thiocarbonyl (C=S) groups is 1. The highest BCUT2D eigenvalue weighted by molar-refractivity contribution is 7.80. The van der Waals surface area contributed by atoms with Crippen LogP contribution in [0.4, 0.5) is 5.69 Å². The molecule has 6 nitrogen and oxygen atoms in total. The lowest BCUT2D eigenvalue weighted by Gasteiger charge is -2.29. The minimum atomic E-state index is -0.575. The Morgan fingerprint density at radius 3 is 2.35 bits per heavy atom. The Bertz CT molecular complexity index is 830. The van der Waals surface area contributed by atoms with Gasteiger partial charge in [-0.05, 0) is 43.5 Å². The highest BCUT2D eigenvalue weighted by Gasteiger charge is 2.20. The van der Waals surface area contributed by atoms with Crippen molar-refractivity contribution >= 4 is 28.9 Å². The van der Waals surface area contributed by atoms with Crippen LogP contribution >= 0.6 is 12.2 Å². The van der Waals surface area contributed by atoms with Crippen LogP contribution in [0.15, 0.2) is 48.5 Å². The number of nitro benzene ring substituents is 1. The van der Waals surface area contributed by atoms with Gasteiger partial charge in [0, 0.05) is 25.2 Å². The van der Waals surface area contributed by atoms with Crippen LogP contribution in [0.2, 0.25) is 0 Å². The fourth-order valence-corrected chi connectivity index (χ4v) is 3.23. The van der Waals surface area contributed by atoms with E-state index in [0.717, 1.165) is 25.9 Å². The van der Waals surface area contributed by atoms with Crippen LogP contribution in [0.1, 0.15) is 35.2 Å². The second-order valence-corrected chi connectivity index (χ2v) is 6.43. The Morgan fingerprint density at radius 2 is 1.69 bits per heavy atom. The van der Waals surface area contributed by atoms with E-state index in [1.54, 1.807) is 12.1 Å². The van der Waals surface area contributed by atoms with Crippen LogP contribution in [0.25, 0.3) is 0 Å². The SMILES string of the molecule is O=C(Oc1ccccc1C(=S)N1CCCCC1)c1ccc([N+](=O)[O-])cc1. The van der Waals surface area contributed by atoms with Crippen LogP contribution in [0.3, 0.4) is 0 Å². The van der Waals surface area contributed by atoms with Gasteiger partial charge in [-0.2, -0.15) is 0 Å². The predicted octanol–water partition coefficient (Wildman–Crippen LogP) is 3.98. The summed E-state index contributed by atoms with van der Waals surface area (Å²) in [7, 11) is 0. The summed E-state index contributed by atoms with van der Waals surface area (Å²) in [5.41, 5.74) is 0.877. The van der Waals surface area contributed by atoms with Crippen molar-refractivity contribution in [1.29, 1.82) is 0 Å². The largest absolute Gasteiger partial charge is 0.422 e. The Kier molecular flexibility index (Phi) is 5.58. The Morgan fingerprint density at radius 1 is 1.04 bits per heavy atom. The van der Waals surface area contributed by atoms with Gasteiger partial charge in [-0.1, -0.05) is 24.4 Å². The molecule has 0 aromatic heterocycles. The third-order valence-corrected chi connectivity index (χ3v) is 4.76. The van der Waals surface area contributed by atoms with Crippen molar-refractivity contribution in [3.8, 4) is 5.75 Å². The van der Waals surface area contributed by atoms with Crippen molar-refractivity contribution < 1.29 is 14.5 Å². The smallest absolute Gasteiger partial charge is 0.343 e. The van der Waals surface area contributed by atoms with Crippen LogP contribution in [0, 0.1) is 10.1 Å². The number of carbonyl (C=O) groups is 1. The summed E-state index contributed by atoms with van der Waals surface area (Å²) in [5.74, 6) is -0.180. The van der Waals surface area contributed by atoms with Crippen LogP contribution in [0.5, 0.6) is 5.75 Å². The van der Waals surface area contributed by atoms with Gasteiger partial charge >= 0.3 is 5.97 Å². The number of hydrogen-bond acceptors (Lipinski definition) is 5. The number of likely N-dealkylation sites (tertiary alicyclic amines) is 1. The first-order valence-electron chi connectivity index (χ1n) is 8.41. The van der Waals surface area contributed by atoms with Crippen LogP contribution < -0.4 is 4.74 Å². The molecule has 0 bridgehead atoms. The standard InChI is InChI=1S/C19H18N2O4S/c22-19(14-8-10-15(11-9-14)21(23)24)25-17-7-3-2-6-16(17)18(26)20-12-4-1-5-13-20/h2-3,6-11H,1,4-5,12-13H2. The van der Waals surface area contributed by atoms with Crippen molar-refractivity contribution in [2.45, 2.75) is 19.3 Å². The predicted molar refractivity (Wildman–Crippen MR) is 102 cm³/mol. The molecule has 0 N–H and O–H groups in total. The number of carbonyl (C=O) groups excluding carboxylic acids is 1. The average molecular weight is 370 g/mol. The molecule has 7 heteroatoms. The Balaban J connectivity index is 1.78. The van der Waals surface area contributed by atoms with Crippen molar-refractivity contribution in [2.24, 2.45) is 0 Å². The molecule has 2 aromatic carbocycles. The zero-order chi connectivity index (χ0) is 18.5. The fourth-order valence-electron chi connectivity index (χ4n) is 2.88. The molecule has 0 spiro atoms. The third kappa shape index (κ3) is 4.05. The third-order valence-electron chi connectivity index (χ3n) is 4.28. The number of rotatable bonds is 4. The van der Waals surface area contributed by atoms with Gasteiger partial charge in [0.2, 0.25) is 0 Å². The molecule has 1 aliphatic heterocycles. The molecular weight excluding hydrogens is 352 g/mol. The van der Waals surface area contributed by atoms with Crippen molar-refractivity contribution in [3.63, 3.8) is 0 Å². The van der Waals surface area contributed by atoms with Gasteiger partial charge in [0.05, 0.1) is 16.1 Å². The Labute approximate surface area is 156 Å². The number of nitrogens with zero attached hydrogens (tertiary/aromatic N) is 2. The van der Waals surface area contributed by atoms with Crippen molar-refractivity contribution in [1.82, 2.24) is 4.90 Å². The van der Waals surface area contributed by atoms with E-state index in [1.165, 1.54) is 30.7 Å². The van der Waals surface area contributed by atoms with Gasteiger partial charge in [0.1, 0.15) is 10.7 Å². The van der Waals surface area contributed by atoms with Gasteiger partial charge in [-0.15, -0.1) is 0 Å². The Hall–Kier alpha value is -2.80. The van der Waals surface area contributed by atoms with Crippen LogP contribution in [-0.2, 0) is 0 Å². The number of piperidine rings is 1. The van der Waals surface area contributed by atoms with E-state index in [-0.39, 0.29) is 11.3 Å². The molecule has 2 aromatic rings. The van der Waals surface area contributed by atoms with E-state index in [0.29, 0.717) is 16.3 Å². The molecule has 1 aliphatic rings. The first kappa shape index (κ1) is 18.0. The van der Waals surface area contributed by atoms with Crippen molar-refractivity contribution in [3.05, 3.63) is 69.8 Å². The number of non-ortho nitro benzene ring substituents is 1. The molecule has 1 fully saturated rings. The summed E-state index contributed by atoms with van der Waals surface area (Å²) in [6, 6.07) is 12.5. The first-order chi connectivity index (χ1) is 12.6. The quantitative estimate of drug-likeness (QED) is 0.267. The van der Waals surface area contributed by atoms with Gasteiger partial charge in [0.15, 0.2) is 0 Å². The molecule has 0 amide bonds. The lowest BCUT2D eigenvalue weighted by atomic mass is 10.1. The number of benzene rings is 2. The molecular formula is C19H18N2O4S. The lowest BCUT2D eigenvalue weighted by Crippen LogP contribution is -2.35. The molecule has 1 heterocycles.